The van der Waals surface area contributed by atoms with Crippen molar-refractivity contribution in [3.05, 3.63) is 57.5 Å². The molecule has 2 nitrogen and oxygen atoms in total. The molecule has 0 radical (unpaired) electrons. The Balaban J connectivity index is 2.22. The smallest absolute Gasteiger partial charge is 0.123 e. The molecule has 1 unspecified atom stereocenters. The molecule has 1 aromatic heterocycles. The Hall–Kier alpha value is -1.23. The quantitative estimate of drug-likeness (QED) is 0.647. The van der Waals surface area contributed by atoms with Crippen molar-refractivity contribution in [1.82, 2.24) is 5.43 Å². The van der Waals surface area contributed by atoms with Crippen molar-refractivity contribution in [2.24, 2.45) is 5.84 Å². The zero-order valence-corrected chi connectivity index (χ0v) is 10.4. The van der Waals surface area contributed by atoms with Gasteiger partial charge in [0.1, 0.15) is 5.82 Å². The van der Waals surface area contributed by atoms with Gasteiger partial charge in [-0.25, -0.2) is 4.39 Å². The Morgan fingerprint density at radius 1 is 1.41 bits per heavy atom. The first-order valence-corrected chi connectivity index (χ1v) is 6.37. The van der Waals surface area contributed by atoms with E-state index in [1.807, 2.05) is 18.4 Å². The van der Waals surface area contributed by atoms with Crippen LogP contribution in [-0.2, 0) is 6.42 Å². The molecule has 0 amide bonds. The normalized spacial score (nSPS) is 12.6. The number of benzene rings is 1. The first-order chi connectivity index (χ1) is 8.19. The first-order valence-electron chi connectivity index (χ1n) is 5.43. The molecule has 0 saturated heterocycles. The molecule has 0 fully saturated rings. The molecule has 1 heterocycles. The Bertz CT molecular complexity index is 462. The second-order valence-electron chi connectivity index (χ2n) is 4.12. The number of rotatable bonds is 4. The summed E-state index contributed by atoms with van der Waals surface area (Å²) in [7, 11) is 0. The molecular formula is C13H15FN2S. The van der Waals surface area contributed by atoms with Gasteiger partial charge in [-0.05, 0) is 59.0 Å². The second kappa shape index (κ2) is 5.40. The topological polar surface area (TPSA) is 38.0 Å². The van der Waals surface area contributed by atoms with E-state index in [1.165, 1.54) is 17.7 Å². The number of hydrogen-bond donors (Lipinski definition) is 2. The van der Waals surface area contributed by atoms with Crippen molar-refractivity contribution in [2.75, 3.05) is 0 Å². The number of hydrogen-bond acceptors (Lipinski definition) is 3. The number of thiophene rings is 1. The van der Waals surface area contributed by atoms with Gasteiger partial charge in [-0.2, -0.15) is 11.3 Å². The fraction of sp³-hybridized carbons (Fsp3) is 0.231. The van der Waals surface area contributed by atoms with E-state index in [4.69, 9.17) is 5.84 Å². The van der Waals surface area contributed by atoms with Gasteiger partial charge in [0.2, 0.25) is 0 Å². The lowest BCUT2D eigenvalue weighted by atomic mass is 9.99. The van der Waals surface area contributed by atoms with E-state index in [2.05, 4.69) is 16.9 Å². The average molecular weight is 250 g/mol. The van der Waals surface area contributed by atoms with Crippen LogP contribution in [0.25, 0.3) is 0 Å². The zero-order valence-electron chi connectivity index (χ0n) is 9.61. The second-order valence-corrected chi connectivity index (χ2v) is 4.90. The monoisotopic (exact) mass is 250 g/mol. The third kappa shape index (κ3) is 3.12. The summed E-state index contributed by atoms with van der Waals surface area (Å²) in [6.07, 6.45) is 0.767. The van der Waals surface area contributed by atoms with E-state index >= 15 is 0 Å². The van der Waals surface area contributed by atoms with Crippen LogP contribution < -0.4 is 11.3 Å². The van der Waals surface area contributed by atoms with E-state index in [-0.39, 0.29) is 11.9 Å². The molecule has 0 aliphatic rings. The van der Waals surface area contributed by atoms with Gasteiger partial charge in [0.15, 0.2) is 0 Å². The molecule has 2 rings (SSSR count). The van der Waals surface area contributed by atoms with Crippen molar-refractivity contribution in [3.8, 4) is 0 Å². The van der Waals surface area contributed by atoms with Crippen molar-refractivity contribution < 1.29 is 4.39 Å². The van der Waals surface area contributed by atoms with Gasteiger partial charge < -0.3 is 0 Å². The summed E-state index contributed by atoms with van der Waals surface area (Å²) in [5.74, 6) is 5.34. The minimum Gasteiger partial charge on any atom is -0.271 e. The van der Waals surface area contributed by atoms with Crippen LogP contribution in [0, 0.1) is 12.7 Å². The Labute approximate surface area is 104 Å². The summed E-state index contributed by atoms with van der Waals surface area (Å²) < 4.78 is 13.3. The summed E-state index contributed by atoms with van der Waals surface area (Å²) in [6, 6.07) is 7.01. The molecule has 0 aliphatic heterocycles. The molecule has 0 saturated carbocycles. The standard InChI is InChI=1S/C13H15FN2S/c1-9-4-11(7-12(14)5-9)13(16-15)6-10-2-3-17-8-10/h2-5,7-8,13,16H,6,15H2,1H3. The van der Waals surface area contributed by atoms with Gasteiger partial charge >= 0.3 is 0 Å². The van der Waals surface area contributed by atoms with Crippen LogP contribution in [0.1, 0.15) is 22.7 Å². The molecule has 1 atom stereocenters. The molecule has 4 heteroatoms. The zero-order chi connectivity index (χ0) is 12.3. The van der Waals surface area contributed by atoms with Crippen LogP contribution in [0.3, 0.4) is 0 Å². The van der Waals surface area contributed by atoms with Crippen LogP contribution in [-0.4, -0.2) is 0 Å². The summed E-state index contributed by atoms with van der Waals surface area (Å²) in [4.78, 5) is 0. The van der Waals surface area contributed by atoms with Crippen LogP contribution in [0.4, 0.5) is 4.39 Å². The van der Waals surface area contributed by atoms with E-state index in [0.717, 1.165) is 17.5 Å². The summed E-state index contributed by atoms with van der Waals surface area (Å²) >= 11 is 1.65. The molecule has 90 valence electrons. The van der Waals surface area contributed by atoms with Crippen molar-refractivity contribution in [2.45, 2.75) is 19.4 Å². The molecular weight excluding hydrogens is 235 g/mol. The van der Waals surface area contributed by atoms with Gasteiger partial charge in [-0.3, -0.25) is 11.3 Å². The van der Waals surface area contributed by atoms with E-state index in [1.54, 1.807) is 11.3 Å². The highest BCUT2D eigenvalue weighted by Gasteiger charge is 2.12. The van der Waals surface area contributed by atoms with E-state index in [0.29, 0.717) is 0 Å². The van der Waals surface area contributed by atoms with E-state index in [9.17, 15) is 4.39 Å². The third-order valence-electron chi connectivity index (χ3n) is 2.69. The number of aryl methyl sites for hydroxylation is 1. The number of hydrazine groups is 1. The maximum absolute atomic E-state index is 13.3. The predicted molar refractivity (Wildman–Crippen MR) is 69.2 cm³/mol. The van der Waals surface area contributed by atoms with Crippen LogP contribution >= 0.6 is 11.3 Å². The van der Waals surface area contributed by atoms with Gasteiger partial charge in [0, 0.05) is 0 Å². The van der Waals surface area contributed by atoms with Gasteiger partial charge in [-0.1, -0.05) is 6.07 Å². The SMILES string of the molecule is Cc1cc(F)cc(C(Cc2ccsc2)NN)c1. The minimum absolute atomic E-state index is 0.0565. The number of nitrogens with one attached hydrogen (secondary N) is 1. The maximum atomic E-state index is 13.3. The average Bonchev–Trinajstić information content (AvgIpc) is 2.77. The minimum atomic E-state index is -0.217. The van der Waals surface area contributed by atoms with Crippen LogP contribution in [0.5, 0.6) is 0 Å². The lowest BCUT2D eigenvalue weighted by molar-refractivity contribution is 0.544. The molecule has 0 bridgehead atoms. The predicted octanol–water partition coefficient (Wildman–Crippen LogP) is 2.94. The molecule has 17 heavy (non-hydrogen) atoms. The lowest BCUT2D eigenvalue weighted by Crippen LogP contribution is -2.29. The fourth-order valence-corrected chi connectivity index (χ4v) is 2.56. The maximum Gasteiger partial charge on any atom is 0.123 e. The summed E-state index contributed by atoms with van der Waals surface area (Å²) in [5.41, 5.74) is 5.75. The fourth-order valence-electron chi connectivity index (χ4n) is 1.88. The molecule has 2 aromatic rings. The highest BCUT2D eigenvalue weighted by atomic mass is 32.1. The molecule has 0 aliphatic carbocycles. The van der Waals surface area contributed by atoms with Gasteiger partial charge in [-0.15, -0.1) is 0 Å². The first kappa shape index (κ1) is 12.2. The lowest BCUT2D eigenvalue weighted by Gasteiger charge is -2.16. The third-order valence-corrected chi connectivity index (χ3v) is 3.42. The van der Waals surface area contributed by atoms with Gasteiger partial charge in [0.05, 0.1) is 6.04 Å². The summed E-state index contributed by atoms with van der Waals surface area (Å²) in [5, 5.41) is 4.11. The largest absolute Gasteiger partial charge is 0.271 e. The van der Waals surface area contributed by atoms with Crippen LogP contribution in [0.15, 0.2) is 35.0 Å². The Kier molecular flexibility index (Phi) is 3.89. The highest BCUT2D eigenvalue weighted by molar-refractivity contribution is 7.07. The van der Waals surface area contributed by atoms with Crippen molar-refractivity contribution >= 4 is 11.3 Å². The number of halogens is 1. The molecule has 3 N–H and O–H groups in total. The molecule has 0 spiro atoms. The highest BCUT2D eigenvalue weighted by Crippen LogP contribution is 2.21. The Morgan fingerprint density at radius 3 is 2.82 bits per heavy atom. The van der Waals surface area contributed by atoms with Gasteiger partial charge in [0.25, 0.3) is 0 Å². The van der Waals surface area contributed by atoms with E-state index < -0.39 is 0 Å². The van der Waals surface area contributed by atoms with Crippen molar-refractivity contribution in [3.63, 3.8) is 0 Å². The summed E-state index contributed by atoms with van der Waals surface area (Å²) in [6.45, 7) is 1.88. The Morgan fingerprint density at radius 2 is 2.24 bits per heavy atom. The number of nitrogens with two attached hydrogens (primary N) is 1. The van der Waals surface area contributed by atoms with Crippen LogP contribution in [0.2, 0.25) is 0 Å². The van der Waals surface area contributed by atoms with Crippen molar-refractivity contribution in [1.29, 1.82) is 0 Å². The molecule has 1 aromatic carbocycles.